The quantitative estimate of drug-likeness (QED) is 0.917. The van der Waals surface area contributed by atoms with Gasteiger partial charge >= 0.3 is 0 Å². The SMILES string of the molecule is CN1[C@@H]2CC[C@H]1CC(NC(=O)Cc1ccccc1F)C2. The van der Waals surface area contributed by atoms with E-state index in [1.165, 1.54) is 18.9 Å². The number of carbonyl (C=O) groups excluding carboxylic acids is 1. The molecule has 2 bridgehead atoms. The number of amides is 1. The van der Waals surface area contributed by atoms with E-state index >= 15 is 0 Å². The predicted octanol–water partition coefficient (Wildman–Crippen LogP) is 2.11. The maximum absolute atomic E-state index is 13.5. The fraction of sp³-hybridized carbons (Fsp3) is 0.562. The molecule has 2 heterocycles. The number of piperidine rings is 1. The maximum atomic E-state index is 13.5. The largest absolute Gasteiger partial charge is 0.353 e. The van der Waals surface area contributed by atoms with Crippen LogP contribution in [0.1, 0.15) is 31.2 Å². The van der Waals surface area contributed by atoms with E-state index in [0.717, 1.165) is 12.8 Å². The molecule has 0 aromatic heterocycles. The minimum absolute atomic E-state index is 0.0657. The van der Waals surface area contributed by atoms with Crippen molar-refractivity contribution in [2.75, 3.05) is 7.05 Å². The van der Waals surface area contributed by atoms with Gasteiger partial charge in [-0.1, -0.05) is 18.2 Å². The van der Waals surface area contributed by atoms with Crippen LogP contribution in [0.2, 0.25) is 0 Å². The smallest absolute Gasteiger partial charge is 0.224 e. The van der Waals surface area contributed by atoms with Crippen molar-refractivity contribution in [3.8, 4) is 0 Å². The molecule has 1 aromatic rings. The van der Waals surface area contributed by atoms with Crippen molar-refractivity contribution in [3.63, 3.8) is 0 Å². The van der Waals surface area contributed by atoms with Crippen molar-refractivity contribution in [3.05, 3.63) is 35.6 Å². The topological polar surface area (TPSA) is 32.3 Å². The Bertz CT molecular complexity index is 491. The molecule has 1 N–H and O–H groups in total. The molecule has 0 radical (unpaired) electrons. The van der Waals surface area contributed by atoms with Gasteiger partial charge in [-0.05, 0) is 44.4 Å². The van der Waals surface area contributed by atoms with Crippen LogP contribution in [0.3, 0.4) is 0 Å². The molecule has 20 heavy (non-hydrogen) atoms. The first-order valence-electron chi connectivity index (χ1n) is 7.38. The molecule has 4 heteroatoms. The second-order valence-electron chi connectivity index (χ2n) is 6.05. The highest BCUT2D eigenvalue weighted by Crippen LogP contribution is 2.34. The number of nitrogens with zero attached hydrogens (tertiary/aromatic N) is 1. The van der Waals surface area contributed by atoms with Crippen LogP contribution >= 0.6 is 0 Å². The lowest BCUT2D eigenvalue weighted by Crippen LogP contribution is -2.49. The Morgan fingerprint density at radius 1 is 1.30 bits per heavy atom. The average Bonchev–Trinajstić information content (AvgIpc) is 2.63. The Kier molecular flexibility index (Phi) is 3.74. The Morgan fingerprint density at radius 2 is 1.95 bits per heavy atom. The predicted molar refractivity (Wildman–Crippen MR) is 75.8 cm³/mol. The summed E-state index contributed by atoms with van der Waals surface area (Å²) in [5, 5.41) is 3.08. The summed E-state index contributed by atoms with van der Waals surface area (Å²) in [5.41, 5.74) is 0.473. The van der Waals surface area contributed by atoms with E-state index in [0.29, 0.717) is 17.6 Å². The number of benzene rings is 1. The molecule has 2 saturated heterocycles. The zero-order valence-corrected chi connectivity index (χ0v) is 11.8. The number of nitrogens with one attached hydrogen (secondary N) is 1. The third kappa shape index (κ3) is 2.70. The number of rotatable bonds is 3. The summed E-state index contributed by atoms with van der Waals surface area (Å²) in [6, 6.07) is 7.95. The van der Waals surface area contributed by atoms with Gasteiger partial charge in [-0.3, -0.25) is 4.79 Å². The van der Waals surface area contributed by atoms with Crippen molar-refractivity contribution in [1.29, 1.82) is 0 Å². The second-order valence-corrected chi connectivity index (χ2v) is 6.05. The molecule has 2 aliphatic heterocycles. The van der Waals surface area contributed by atoms with Crippen molar-refractivity contribution < 1.29 is 9.18 Å². The van der Waals surface area contributed by atoms with Crippen LogP contribution in [0.4, 0.5) is 4.39 Å². The van der Waals surface area contributed by atoms with Gasteiger partial charge in [-0.15, -0.1) is 0 Å². The van der Waals surface area contributed by atoms with Crippen LogP contribution in [-0.4, -0.2) is 36.0 Å². The van der Waals surface area contributed by atoms with Crippen LogP contribution in [0, 0.1) is 5.82 Å². The summed E-state index contributed by atoms with van der Waals surface area (Å²) in [4.78, 5) is 14.5. The monoisotopic (exact) mass is 276 g/mol. The van der Waals surface area contributed by atoms with Crippen LogP contribution in [0.25, 0.3) is 0 Å². The summed E-state index contributed by atoms with van der Waals surface area (Å²) in [5.74, 6) is -0.366. The fourth-order valence-electron chi connectivity index (χ4n) is 3.62. The van der Waals surface area contributed by atoms with Crippen LogP contribution < -0.4 is 5.32 Å². The molecule has 0 saturated carbocycles. The van der Waals surface area contributed by atoms with Crippen molar-refractivity contribution in [1.82, 2.24) is 10.2 Å². The molecule has 0 aliphatic carbocycles. The third-order valence-electron chi connectivity index (χ3n) is 4.77. The zero-order valence-electron chi connectivity index (χ0n) is 11.8. The lowest BCUT2D eigenvalue weighted by atomic mass is 9.97. The summed E-state index contributed by atoms with van der Waals surface area (Å²) in [6.45, 7) is 0. The summed E-state index contributed by atoms with van der Waals surface area (Å²) < 4.78 is 13.5. The van der Waals surface area contributed by atoms with Crippen molar-refractivity contribution in [2.45, 2.75) is 50.2 Å². The maximum Gasteiger partial charge on any atom is 0.224 e. The third-order valence-corrected chi connectivity index (χ3v) is 4.77. The van der Waals surface area contributed by atoms with Crippen molar-refractivity contribution in [2.24, 2.45) is 0 Å². The van der Waals surface area contributed by atoms with Crippen LogP contribution in [0.15, 0.2) is 24.3 Å². The average molecular weight is 276 g/mol. The molecular weight excluding hydrogens is 255 g/mol. The Balaban J connectivity index is 1.56. The van der Waals surface area contributed by atoms with E-state index in [4.69, 9.17) is 0 Å². The molecule has 3 atom stereocenters. The van der Waals surface area contributed by atoms with E-state index in [2.05, 4.69) is 17.3 Å². The van der Waals surface area contributed by atoms with E-state index in [1.54, 1.807) is 18.2 Å². The highest BCUT2D eigenvalue weighted by atomic mass is 19.1. The summed E-state index contributed by atoms with van der Waals surface area (Å²) in [7, 11) is 2.18. The molecule has 2 fully saturated rings. The van der Waals surface area contributed by atoms with Gasteiger partial charge in [-0.25, -0.2) is 4.39 Å². The van der Waals surface area contributed by atoms with Crippen LogP contribution in [-0.2, 0) is 11.2 Å². The highest BCUT2D eigenvalue weighted by Gasteiger charge is 2.38. The number of carbonyl (C=O) groups is 1. The first-order chi connectivity index (χ1) is 9.63. The zero-order chi connectivity index (χ0) is 14.1. The van der Waals surface area contributed by atoms with E-state index in [9.17, 15) is 9.18 Å². The molecule has 2 aliphatic rings. The van der Waals surface area contributed by atoms with Gasteiger partial charge in [0.05, 0.1) is 6.42 Å². The lowest BCUT2D eigenvalue weighted by Gasteiger charge is -2.36. The van der Waals surface area contributed by atoms with Gasteiger partial charge in [0.15, 0.2) is 0 Å². The minimum Gasteiger partial charge on any atom is -0.353 e. The van der Waals surface area contributed by atoms with Gasteiger partial charge in [-0.2, -0.15) is 0 Å². The molecular formula is C16H21FN2O. The number of hydrogen-bond donors (Lipinski definition) is 1. The Hall–Kier alpha value is -1.42. The molecule has 1 unspecified atom stereocenters. The summed E-state index contributed by atoms with van der Waals surface area (Å²) >= 11 is 0. The Morgan fingerprint density at radius 3 is 2.60 bits per heavy atom. The minimum atomic E-state index is -0.300. The summed E-state index contributed by atoms with van der Waals surface area (Å²) in [6.07, 6.45) is 4.65. The molecule has 3 nitrogen and oxygen atoms in total. The standard InChI is InChI=1S/C16H21FN2O/c1-19-13-6-7-14(19)10-12(9-13)18-16(20)8-11-4-2-3-5-15(11)17/h2-5,12-14H,6-10H2,1H3,(H,18,20)/t12?,13-,14+. The first kappa shape index (κ1) is 13.6. The lowest BCUT2D eigenvalue weighted by molar-refractivity contribution is -0.121. The normalized spacial score (nSPS) is 29.4. The van der Waals surface area contributed by atoms with Gasteiger partial charge in [0.1, 0.15) is 5.82 Å². The van der Waals surface area contributed by atoms with Gasteiger partial charge in [0, 0.05) is 18.1 Å². The van der Waals surface area contributed by atoms with Gasteiger partial charge < -0.3 is 10.2 Å². The fourth-order valence-corrected chi connectivity index (χ4v) is 3.62. The molecule has 1 amide bonds. The molecule has 0 spiro atoms. The number of halogens is 1. The highest BCUT2D eigenvalue weighted by molar-refractivity contribution is 5.78. The van der Waals surface area contributed by atoms with Gasteiger partial charge in [0.25, 0.3) is 0 Å². The first-order valence-corrected chi connectivity index (χ1v) is 7.38. The van der Waals surface area contributed by atoms with Crippen molar-refractivity contribution >= 4 is 5.91 Å². The molecule has 3 rings (SSSR count). The number of hydrogen-bond acceptors (Lipinski definition) is 2. The number of fused-ring (bicyclic) bond motifs is 2. The molecule has 1 aromatic carbocycles. The van der Waals surface area contributed by atoms with E-state index in [-0.39, 0.29) is 24.2 Å². The van der Waals surface area contributed by atoms with Crippen LogP contribution in [0.5, 0.6) is 0 Å². The molecule has 108 valence electrons. The Labute approximate surface area is 119 Å². The van der Waals surface area contributed by atoms with E-state index < -0.39 is 0 Å². The van der Waals surface area contributed by atoms with E-state index in [1.807, 2.05) is 0 Å². The van der Waals surface area contributed by atoms with Gasteiger partial charge in [0.2, 0.25) is 5.91 Å². The second kappa shape index (κ2) is 5.52.